The van der Waals surface area contributed by atoms with Crippen molar-refractivity contribution in [1.29, 1.82) is 0 Å². The van der Waals surface area contributed by atoms with Crippen molar-refractivity contribution in [3.05, 3.63) is 0 Å². The van der Waals surface area contributed by atoms with Crippen LogP contribution >= 0.6 is 11.8 Å². The van der Waals surface area contributed by atoms with Gasteiger partial charge in [-0.05, 0) is 12.2 Å². The number of carbonyl (C=O) groups is 1. The average molecular weight is 161 g/mol. The van der Waals surface area contributed by atoms with E-state index in [1.165, 1.54) is 11.8 Å². The topological polar surface area (TPSA) is 43.1 Å². The SMILES string of the molecule is CC[C@H](C)[C@H](N)C(=O)SC. The van der Waals surface area contributed by atoms with Crippen molar-refractivity contribution in [2.75, 3.05) is 6.26 Å². The molecule has 0 bridgehead atoms. The van der Waals surface area contributed by atoms with Gasteiger partial charge in [-0.25, -0.2) is 0 Å². The van der Waals surface area contributed by atoms with Gasteiger partial charge in [0, 0.05) is 0 Å². The van der Waals surface area contributed by atoms with Crippen LogP contribution < -0.4 is 5.73 Å². The molecule has 0 aliphatic carbocycles. The van der Waals surface area contributed by atoms with Gasteiger partial charge >= 0.3 is 0 Å². The molecule has 10 heavy (non-hydrogen) atoms. The Morgan fingerprint density at radius 1 is 1.70 bits per heavy atom. The molecular formula is C7H15NOS. The Morgan fingerprint density at radius 3 is 2.50 bits per heavy atom. The molecule has 0 saturated carbocycles. The summed E-state index contributed by atoms with van der Waals surface area (Å²) in [6, 6.07) is -0.278. The van der Waals surface area contributed by atoms with Gasteiger partial charge < -0.3 is 5.73 Å². The molecule has 0 unspecified atom stereocenters. The summed E-state index contributed by atoms with van der Waals surface area (Å²) in [5, 5.41) is 0.0920. The normalized spacial score (nSPS) is 16.4. The molecule has 0 aromatic rings. The van der Waals surface area contributed by atoms with Gasteiger partial charge in [0.15, 0.2) is 0 Å². The number of thioether (sulfide) groups is 1. The summed E-state index contributed by atoms with van der Waals surface area (Å²) in [7, 11) is 0. The van der Waals surface area contributed by atoms with Crippen molar-refractivity contribution in [2.24, 2.45) is 11.7 Å². The predicted molar refractivity (Wildman–Crippen MR) is 46.0 cm³/mol. The van der Waals surface area contributed by atoms with Crippen LogP contribution in [-0.2, 0) is 4.79 Å². The Morgan fingerprint density at radius 2 is 2.20 bits per heavy atom. The number of hydrogen-bond donors (Lipinski definition) is 1. The van der Waals surface area contributed by atoms with Gasteiger partial charge in [-0.15, -0.1) is 0 Å². The van der Waals surface area contributed by atoms with Crippen molar-refractivity contribution >= 4 is 16.9 Å². The summed E-state index contributed by atoms with van der Waals surface area (Å²) in [5.74, 6) is 0.306. The van der Waals surface area contributed by atoms with Crippen LogP contribution in [0.4, 0.5) is 0 Å². The van der Waals surface area contributed by atoms with Crippen LogP contribution in [0, 0.1) is 5.92 Å². The Labute approximate surface area is 66.6 Å². The van der Waals surface area contributed by atoms with E-state index >= 15 is 0 Å². The van der Waals surface area contributed by atoms with E-state index in [-0.39, 0.29) is 11.2 Å². The third-order valence-electron chi connectivity index (χ3n) is 1.73. The molecule has 0 spiro atoms. The Balaban J connectivity index is 3.81. The van der Waals surface area contributed by atoms with E-state index in [0.717, 1.165) is 6.42 Å². The lowest BCUT2D eigenvalue weighted by Gasteiger charge is -2.14. The van der Waals surface area contributed by atoms with Crippen molar-refractivity contribution in [1.82, 2.24) is 0 Å². The zero-order valence-corrected chi connectivity index (χ0v) is 7.57. The molecule has 0 fully saturated rings. The first-order valence-corrected chi connectivity index (χ1v) is 4.69. The maximum absolute atomic E-state index is 11.0. The predicted octanol–water partition coefficient (Wildman–Crippen LogP) is 1.25. The van der Waals surface area contributed by atoms with Crippen LogP contribution in [-0.4, -0.2) is 17.4 Å². The van der Waals surface area contributed by atoms with Crippen LogP contribution in [0.25, 0.3) is 0 Å². The van der Waals surface area contributed by atoms with Gasteiger partial charge in [-0.2, -0.15) is 0 Å². The number of rotatable bonds is 3. The molecule has 2 atom stereocenters. The zero-order chi connectivity index (χ0) is 8.15. The molecule has 0 saturated heterocycles. The van der Waals surface area contributed by atoms with E-state index in [1.807, 2.05) is 13.8 Å². The molecule has 0 heterocycles. The minimum Gasteiger partial charge on any atom is -0.321 e. The van der Waals surface area contributed by atoms with Crippen LogP contribution in [0.3, 0.4) is 0 Å². The summed E-state index contributed by atoms with van der Waals surface area (Å²) in [6.45, 7) is 4.04. The van der Waals surface area contributed by atoms with Crippen LogP contribution in [0.2, 0.25) is 0 Å². The zero-order valence-electron chi connectivity index (χ0n) is 6.76. The Hall–Kier alpha value is -0.0200. The van der Waals surface area contributed by atoms with Gasteiger partial charge in [-0.1, -0.05) is 32.0 Å². The van der Waals surface area contributed by atoms with Gasteiger partial charge in [-0.3, -0.25) is 4.79 Å². The second kappa shape index (κ2) is 4.74. The molecule has 0 aliphatic rings. The van der Waals surface area contributed by atoms with E-state index in [1.54, 1.807) is 6.26 Å². The second-order valence-electron chi connectivity index (χ2n) is 2.43. The summed E-state index contributed by atoms with van der Waals surface area (Å²) in [5.41, 5.74) is 5.61. The summed E-state index contributed by atoms with van der Waals surface area (Å²) < 4.78 is 0. The highest BCUT2D eigenvalue weighted by atomic mass is 32.2. The molecule has 0 aromatic heterocycles. The first-order valence-electron chi connectivity index (χ1n) is 3.46. The average Bonchev–Trinajstić information content (AvgIpc) is 2.00. The van der Waals surface area contributed by atoms with E-state index in [4.69, 9.17) is 5.73 Å². The first kappa shape index (κ1) is 9.98. The van der Waals surface area contributed by atoms with E-state index in [2.05, 4.69) is 0 Å². The molecule has 2 N–H and O–H groups in total. The van der Waals surface area contributed by atoms with Gasteiger partial charge in [0.1, 0.15) is 0 Å². The molecule has 2 nitrogen and oxygen atoms in total. The fraction of sp³-hybridized carbons (Fsp3) is 0.857. The number of nitrogens with two attached hydrogens (primary N) is 1. The lowest BCUT2D eigenvalue weighted by Crippen LogP contribution is -2.34. The van der Waals surface area contributed by atoms with Gasteiger partial charge in [0.2, 0.25) is 5.12 Å². The molecule has 0 aromatic carbocycles. The number of carbonyl (C=O) groups excluding carboxylic acids is 1. The minimum absolute atomic E-state index is 0.0920. The molecule has 60 valence electrons. The van der Waals surface area contributed by atoms with Crippen molar-refractivity contribution in [2.45, 2.75) is 26.3 Å². The third-order valence-corrected chi connectivity index (χ3v) is 2.40. The molecule has 0 rings (SSSR count). The minimum atomic E-state index is -0.278. The fourth-order valence-corrected chi connectivity index (χ4v) is 1.13. The summed E-state index contributed by atoms with van der Waals surface area (Å²) in [6.07, 6.45) is 2.73. The highest BCUT2D eigenvalue weighted by molar-refractivity contribution is 8.13. The van der Waals surface area contributed by atoms with Crippen LogP contribution in [0.15, 0.2) is 0 Å². The van der Waals surface area contributed by atoms with E-state index < -0.39 is 0 Å². The molecule has 0 radical (unpaired) electrons. The summed E-state index contributed by atoms with van der Waals surface area (Å²) in [4.78, 5) is 11.0. The van der Waals surface area contributed by atoms with Crippen molar-refractivity contribution in [3.8, 4) is 0 Å². The largest absolute Gasteiger partial charge is 0.321 e. The lowest BCUT2D eigenvalue weighted by molar-refractivity contribution is -0.112. The van der Waals surface area contributed by atoms with Crippen molar-refractivity contribution < 1.29 is 4.79 Å². The van der Waals surface area contributed by atoms with Crippen LogP contribution in [0.5, 0.6) is 0 Å². The maximum Gasteiger partial charge on any atom is 0.205 e. The van der Waals surface area contributed by atoms with Gasteiger partial charge in [0.25, 0.3) is 0 Å². The molecule has 3 heteroatoms. The third kappa shape index (κ3) is 2.71. The highest BCUT2D eigenvalue weighted by Gasteiger charge is 2.17. The highest BCUT2D eigenvalue weighted by Crippen LogP contribution is 2.10. The first-order chi connectivity index (χ1) is 4.63. The lowest BCUT2D eigenvalue weighted by atomic mass is 10.0. The molecule has 0 aliphatic heterocycles. The van der Waals surface area contributed by atoms with E-state index in [9.17, 15) is 4.79 Å². The van der Waals surface area contributed by atoms with E-state index in [0.29, 0.717) is 5.92 Å². The quantitative estimate of drug-likeness (QED) is 0.677. The standard InChI is InChI=1S/C7H15NOS/c1-4-5(2)6(8)7(9)10-3/h5-6H,4,8H2,1-3H3/t5-,6-/m0/s1. The van der Waals surface area contributed by atoms with Crippen molar-refractivity contribution in [3.63, 3.8) is 0 Å². The monoisotopic (exact) mass is 161 g/mol. The number of hydrogen-bond acceptors (Lipinski definition) is 3. The fourth-order valence-electron chi connectivity index (χ4n) is 0.622. The second-order valence-corrected chi connectivity index (χ2v) is 3.25. The summed E-state index contributed by atoms with van der Waals surface area (Å²) >= 11 is 1.21. The van der Waals surface area contributed by atoms with Crippen LogP contribution in [0.1, 0.15) is 20.3 Å². The Kier molecular flexibility index (Phi) is 4.73. The maximum atomic E-state index is 11.0. The molecular weight excluding hydrogens is 146 g/mol. The Bertz CT molecular complexity index is 116. The molecule has 0 amide bonds. The van der Waals surface area contributed by atoms with Gasteiger partial charge in [0.05, 0.1) is 6.04 Å². The smallest absolute Gasteiger partial charge is 0.205 e.